The Bertz CT molecular complexity index is 404. The highest BCUT2D eigenvalue weighted by atomic mass is 32.2. The average Bonchev–Trinajstić information content (AvgIpc) is 2.46. The zero-order chi connectivity index (χ0) is 13.2. The van der Waals surface area contributed by atoms with E-state index in [0.717, 1.165) is 16.7 Å². The lowest BCUT2D eigenvalue weighted by atomic mass is 9.86. The van der Waals surface area contributed by atoms with Crippen LogP contribution in [0.15, 0.2) is 0 Å². The van der Waals surface area contributed by atoms with Gasteiger partial charge >= 0.3 is 5.97 Å². The van der Waals surface area contributed by atoms with Crippen LogP contribution in [0.1, 0.15) is 13.8 Å². The maximum atomic E-state index is 12.8. The number of carbonyl (C=O) groups excluding carboxylic acids is 1. The van der Waals surface area contributed by atoms with Gasteiger partial charge in [-0.3, -0.25) is 4.79 Å². The first-order valence-corrected chi connectivity index (χ1v) is 5.82. The summed E-state index contributed by atoms with van der Waals surface area (Å²) in [5.74, 6) is -2.18. The van der Waals surface area contributed by atoms with E-state index in [2.05, 4.69) is 0 Å². The quantitative estimate of drug-likeness (QED) is 0.692. The Hall–Kier alpha value is -0.890. The highest BCUT2D eigenvalue weighted by Crippen LogP contribution is 2.55. The molecule has 17 heavy (non-hydrogen) atoms. The normalized spacial score (nSPS) is 39.2. The minimum Gasteiger partial charge on any atom is -0.480 e. The SMILES string of the molecule is CC1(C)S[C@H]2N(C(=O)C2(N)C(F)F)[C@H]1C(=O)O. The Labute approximate surface area is 100 Å². The number of aliphatic carboxylic acids is 1. The van der Waals surface area contributed by atoms with Crippen molar-refractivity contribution in [3.63, 3.8) is 0 Å². The van der Waals surface area contributed by atoms with Gasteiger partial charge in [0.1, 0.15) is 11.4 Å². The number of carbonyl (C=O) groups is 2. The van der Waals surface area contributed by atoms with Crippen LogP contribution in [0.4, 0.5) is 8.78 Å². The molecule has 8 heteroatoms. The van der Waals surface area contributed by atoms with Crippen LogP contribution >= 0.6 is 11.8 Å². The highest BCUT2D eigenvalue weighted by Gasteiger charge is 2.73. The lowest BCUT2D eigenvalue weighted by Crippen LogP contribution is -2.80. The van der Waals surface area contributed by atoms with E-state index in [-0.39, 0.29) is 0 Å². The Morgan fingerprint density at radius 3 is 2.53 bits per heavy atom. The number of nitrogens with two attached hydrogens (primary N) is 1. The molecule has 0 radical (unpaired) electrons. The number of rotatable bonds is 2. The second-order valence-electron chi connectivity index (χ2n) is 4.76. The fourth-order valence-corrected chi connectivity index (χ4v) is 3.96. The van der Waals surface area contributed by atoms with Crippen molar-refractivity contribution in [2.24, 2.45) is 5.73 Å². The molecule has 1 unspecified atom stereocenters. The Morgan fingerprint density at radius 1 is 1.59 bits per heavy atom. The fraction of sp³-hybridized carbons (Fsp3) is 0.778. The summed E-state index contributed by atoms with van der Waals surface area (Å²) in [6.07, 6.45) is -2.99. The predicted molar refractivity (Wildman–Crippen MR) is 56.7 cm³/mol. The molecule has 0 spiro atoms. The third-order valence-corrected chi connectivity index (χ3v) is 4.88. The van der Waals surface area contributed by atoms with Crippen LogP contribution in [0, 0.1) is 0 Å². The number of fused-ring (bicyclic) bond motifs is 1. The summed E-state index contributed by atoms with van der Waals surface area (Å²) in [6, 6.07) is -1.11. The first kappa shape index (κ1) is 12.6. The van der Waals surface area contributed by atoms with Crippen molar-refractivity contribution in [2.75, 3.05) is 0 Å². The van der Waals surface area contributed by atoms with Gasteiger partial charge in [0.05, 0.1) is 0 Å². The van der Waals surface area contributed by atoms with Gasteiger partial charge in [-0.15, -0.1) is 11.8 Å². The van der Waals surface area contributed by atoms with E-state index in [1.54, 1.807) is 13.8 Å². The molecular weight excluding hydrogens is 254 g/mol. The molecule has 2 fully saturated rings. The summed E-state index contributed by atoms with van der Waals surface area (Å²) in [5.41, 5.74) is 3.16. The number of hydrogen-bond donors (Lipinski definition) is 2. The zero-order valence-electron chi connectivity index (χ0n) is 9.18. The second-order valence-corrected chi connectivity index (χ2v) is 6.49. The van der Waals surface area contributed by atoms with Crippen molar-refractivity contribution in [3.05, 3.63) is 0 Å². The van der Waals surface area contributed by atoms with Gasteiger partial charge in [-0.25, -0.2) is 13.6 Å². The molecule has 2 saturated heterocycles. The van der Waals surface area contributed by atoms with Crippen molar-refractivity contribution in [1.82, 2.24) is 4.90 Å². The number of halogens is 2. The smallest absolute Gasteiger partial charge is 0.327 e. The molecule has 0 aromatic heterocycles. The Morgan fingerprint density at radius 2 is 2.12 bits per heavy atom. The van der Waals surface area contributed by atoms with Gasteiger partial charge in [0.25, 0.3) is 12.3 Å². The van der Waals surface area contributed by atoms with E-state index in [9.17, 15) is 18.4 Å². The molecule has 0 aromatic rings. The number of amides is 1. The predicted octanol–water partition coefficient (Wildman–Crippen LogP) is 0.0959. The molecule has 96 valence electrons. The molecular formula is C9H12F2N2O3S. The minimum atomic E-state index is -2.99. The van der Waals surface area contributed by atoms with Crippen molar-refractivity contribution in [3.8, 4) is 0 Å². The lowest BCUT2D eigenvalue weighted by Gasteiger charge is -2.50. The molecule has 3 atom stereocenters. The average molecular weight is 266 g/mol. The molecule has 0 saturated carbocycles. The van der Waals surface area contributed by atoms with Gasteiger partial charge in [0.15, 0.2) is 5.54 Å². The van der Waals surface area contributed by atoms with E-state index < -0.39 is 40.0 Å². The summed E-state index contributed by atoms with van der Waals surface area (Å²) < 4.78 is 24.8. The number of thioether (sulfide) groups is 1. The van der Waals surface area contributed by atoms with Crippen LogP contribution in [0.25, 0.3) is 0 Å². The summed E-state index contributed by atoms with van der Waals surface area (Å²) in [5, 5.41) is 8.10. The van der Waals surface area contributed by atoms with E-state index in [1.807, 2.05) is 0 Å². The molecule has 2 aliphatic heterocycles. The molecule has 3 N–H and O–H groups in total. The first-order valence-electron chi connectivity index (χ1n) is 4.94. The Kier molecular flexibility index (Phi) is 2.45. The van der Waals surface area contributed by atoms with Gasteiger partial charge in [-0.1, -0.05) is 0 Å². The number of carboxylic acid groups (broad SMARTS) is 1. The molecule has 2 aliphatic rings. The number of β-lactam (4-membered cyclic amide) rings is 1. The van der Waals surface area contributed by atoms with Gasteiger partial charge in [-0.05, 0) is 13.8 Å². The lowest BCUT2D eigenvalue weighted by molar-refractivity contribution is -0.174. The molecule has 5 nitrogen and oxygen atoms in total. The fourth-order valence-electron chi connectivity index (χ4n) is 2.31. The topological polar surface area (TPSA) is 83.6 Å². The van der Waals surface area contributed by atoms with E-state index in [1.165, 1.54) is 0 Å². The van der Waals surface area contributed by atoms with Gasteiger partial charge in [0.2, 0.25) is 0 Å². The van der Waals surface area contributed by atoms with E-state index in [0.29, 0.717) is 0 Å². The molecule has 0 aliphatic carbocycles. The molecule has 2 rings (SSSR count). The molecule has 0 bridgehead atoms. The highest BCUT2D eigenvalue weighted by molar-refractivity contribution is 8.01. The third kappa shape index (κ3) is 1.33. The number of alkyl halides is 2. The van der Waals surface area contributed by atoms with Crippen LogP contribution in [0.2, 0.25) is 0 Å². The molecule has 2 heterocycles. The van der Waals surface area contributed by atoms with Crippen molar-refractivity contribution < 1.29 is 23.5 Å². The second kappa shape index (κ2) is 3.32. The summed E-state index contributed by atoms with van der Waals surface area (Å²) in [7, 11) is 0. The van der Waals surface area contributed by atoms with Crippen LogP contribution < -0.4 is 5.73 Å². The van der Waals surface area contributed by atoms with Crippen molar-refractivity contribution in [1.29, 1.82) is 0 Å². The summed E-state index contributed by atoms with van der Waals surface area (Å²) >= 11 is 1.01. The monoisotopic (exact) mass is 266 g/mol. The standard InChI is InChI=1S/C9H12F2N2O3S/c1-8(2)3(4(14)15)13-6(16)9(12,5(10)11)7(13)17-8/h3,5,7H,12H2,1-2H3,(H,14,15)/t3-,7+,9?/m0/s1. The molecule has 0 aromatic carbocycles. The van der Waals surface area contributed by atoms with Crippen LogP contribution in [0.3, 0.4) is 0 Å². The van der Waals surface area contributed by atoms with Crippen LogP contribution in [-0.4, -0.2) is 50.0 Å². The van der Waals surface area contributed by atoms with Crippen LogP contribution in [0.5, 0.6) is 0 Å². The number of hydrogen-bond acceptors (Lipinski definition) is 4. The molecule has 1 amide bonds. The number of carboxylic acids is 1. The first-order chi connectivity index (χ1) is 7.64. The summed E-state index contributed by atoms with van der Waals surface area (Å²) in [4.78, 5) is 23.7. The van der Waals surface area contributed by atoms with Gasteiger partial charge < -0.3 is 15.7 Å². The Balaban J connectivity index is 2.37. The number of nitrogens with zero attached hydrogens (tertiary/aromatic N) is 1. The van der Waals surface area contributed by atoms with Gasteiger partial charge in [0, 0.05) is 4.75 Å². The van der Waals surface area contributed by atoms with E-state index in [4.69, 9.17) is 10.8 Å². The van der Waals surface area contributed by atoms with Crippen LogP contribution in [-0.2, 0) is 9.59 Å². The van der Waals surface area contributed by atoms with E-state index >= 15 is 0 Å². The maximum absolute atomic E-state index is 12.8. The maximum Gasteiger partial charge on any atom is 0.327 e. The largest absolute Gasteiger partial charge is 0.480 e. The van der Waals surface area contributed by atoms with Crippen molar-refractivity contribution in [2.45, 2.75) is 42.0 Å². The minimum absolute atomic E-state index is 0.831. The summed E-state index contributed by atoms with van der Waals surface area (Å²) in [6.45, 7) is 3.21. The van der Waals surface area contributed by atoms with Crippen molar-refractivity contribution >= 4 is 23.6 Å². The zero-order valence-corrected chi connectivity index (χ0v) is 10.0. The third-order valence-electron chi connectivity index (χ3n) is 3.21. The van der Waals surface area contributed by atoms with Gasteiger partial charge in [-0.2, -0.15) is 0 Å².